The number of benzene rings is 1. The van der Waals surface area contributed by atoms with Gasteiger partial charge in [-0.3, -0.25) is 0 Å². The van der Waals surface area contributed by atoms with Gasteiger partial charge in [0.1, 0.15) is 5.75 Å². The SMILES string of the molecule is FC1(F)CCC(COc2cc(-c3ccnnc3)cc(C(F)(F)F)c2)CC1. The minimum absolute atomic E-state index is 0.0592. The molecule has 1 aliphatic carbocycles. The molecule has 1 aliphatic rings. The Morgan fingerprint density at radius 1 is 1.04 bits per heavy atom. The van der Waals surface area contributed by atoms with Crippen LogP contribution in [-0.2, 0) is 6.18 Å². The second-order valence-corrected chi connectivity index (χ2v) is 6.49. The van der Waals surface area contributed by atoms with E-state index in [9.17, 15) is 22.0 Å². The first kappa shape index (κ1) is 18.5. The number of ether oxygens (including phenoxy) is 1. The molecule has 0 atom stereocenters. The smallest absolute Gasteiger partial charge is 0.416 e. The first-order valence-corrected chi connectivity index (χ1v) is 8.23. The minimum atomic E-state index is -4.53. The summed E-state index contributed by atoms with van der Waals surface area (Å²) in [5, 5.41) is 7.28. The molecule has 2 aromatic rings. The lowest BCUT2D eigenvalue weighted by Crippen LogP contribution is -2.27. The molecule has 0 spiro atoms. The lowest BCUT2D eigenvalue weighted by molar-refractivity contribution is -0.137. The van der Waals surface area contributed by atoms with E-state index >= 15 is 0 Å². The maximum absolute atomic E-state index is 13.2. The Kier molecular flexibility index (Phi) is 5.11. The van der Waals surface area contributed by atoms with Crippen LogP contribution in [0.3, 0.4) is 0 Å². The second kappa shape index (κ2) is 7.17. The van der Waals surface area contributed by atoms with Crippen LogP contribution < -0.4 is 4.74 Å². The van der Waals surface area contributed by atoms with Crippen LogP contribution in [0.5, 0.6) is 5.75 Å². The third-order valence-electron chi connectivity index (χ3n) is 4.47. The summed E-state index contributed by atoms with van der Waals surface area (Å²) >= 11 is 0. The van der Waals surface area contributed by atoms with Crippen LogP contribution in [0.25, 0.3) is 11.1 Å². The fraction of sp³-hybridized carbons (Fsp3) is 0.444. The molecule has 0 amide bonds. The maximum Gasteiger partial charge on any atom is 0.416 e. The van der Waals surface area contributed by atoms with Crippen LogP contribution in [0, 0.1) is 5.92 Å². The highest BCUT2D eigenvalue weighted by Gasteiger charge is 2.35. The molecule has 0 bridgehead atoms. The van der Waals surface area contributed by atoms with Gasteiger partial charge in [0, 0.05) is 18.4 Å². The quantitative estimate of drug-likeness (QED) is 0.677. The number of hydrogen-bond acceptors (Lipinski definition) is 3. The second-order valence-electron chi connectivity index (χ2n) is 6.49. The Balaban J connectivity index is 1.78. The number of halogens is 5. The van der Waals surface area contributed by atoms with Gasteiger partial charge < -0.3 is 4.74 Å². The standard InChI is InChI=1S/C18H17F5N2O/c19-17(20)4-1-12(2-5-17)11-26-16-8-14(13-3-6-24-25-10-13)7-15(9-16)18(21,22)23/h3,6-10,12H,1-2,4-5,11H2. The molecule has 1 heterocycles. The first-order valence-electron chi connectivity index (χ1n) is 8.23. The van der Waals surface area contributed by atoms with Crippen molar-refractivity contribution in [1.29, 1.82) is 0 Å². The van der Waals surface area contributed by atoms with Gasteiger partial charge >= 0.3 is 6.18 Å². The summed E-state index contributed by atoms with van der Waals surface area (Å²) in [6.45, 7) is 0.116. The molecule has 0 N–H and O–H groups in total. The van der Waals surface area contributed by atoms with Crippen molar-refractivity contribution in [2.75, 3.05) is 6.61 Å². The van der Waals surface area contributed by atoms with E-state index in [1.807, 2.05) is 0 Å². The largest absolute Gasteiger partial charge is 0.493 e. The van der Waals surface area contributed by atoms with Crippen LogP contribution in [0.4, 0.5) is 22.0 Å². The number of aromatic nitrogens is 2. The molecule has 3 nitrogen and oxygen atoms in total. The fourth-order valence-electron chi connectivity index (χ4n) is 2.95. The summed E-state index contributed by atoms with van der Waals surface area (Å²) in [7, 11) is 0. The van der Waals surface area contributed by atoms with E-state index in [0.717, 1.165) is 12.1 Å². The highest BCUT2D eigenvalue weighted by molar-refractivity contribution is 5.65. The zero-order valence-electron chi connectivity index (χ0n) is 13.8. The predicted molar refractivity (Wildman–Crippen MR) is 84.9 cm³/mol. The Labute approximate surface area is 147 Å². The van der Waals surface area contributed by atoms with Gasteiger partial charge in [-0.15, -0.1) is 0 Å². The molecule has 1 fully saturated rings. The molecular weight excluding hydrogens is 355 g/mol. The van der Waals surface area contributed by atoms with Gasteiger partial charge in [-0.1, -0.05) is 0 Å². The topological polar surface area (TPSA) is 35.0 Å². The number of hydrogen-bond donors (Lipinski definition) is 0. The number of rotatable bonds is 4. The van der Waals surface area contributed by atoms with Crippen molar-refractivity contribution in [1.82, 2.24) is 10.2 Å². The Hall–Kier alpha value is -2.25. The lowest BCUT2D eigenvalue weighted by Gasteiger charge is -2.28. The molecule has 26 heavy (non-hydrogen) atoms. The van der Waals surface area contributed by atoms with Gasteiger partial charge in [-0.2, -0.15) is 23.4 Å². The third-order valence-corrected chi connectivity index (χ3v) is 4.47. The van der Waals surface area contributed by atoms with Gasteiger partial charge in [0.15, 0.2) is 0 Å². The average Bonchev–Trinajstić information content (AvgIpc) is 2.60. The summed E-state index contributed by atoms with van der Waals surface area (Å²) in [4.78, 5) is 0. The fourth-order valence-corrected chi connectivity index (χ4v) is 2.95. The molecule has 0 unspecified atom stereocenters. The molecule has 1 aromatic carbocycles. The zero-order valence-corrected chi connectivity index (χ0v) is 13.8. The van der Waals surface area contributed by atoms with E-state index in [-0.39, 0.29) is 31.1 Å². The summed E-state index contributed by atoms with van der Waals surface area (Å²) in [6, 6.07) is 4.99. The van der Waals surface area contributed by atoms with Crippen molar-refractivity contribution in [3.63, 3.8) is 0 Å². The Morgan fingerprint density at radius 3 is 2.38 bits per heavy atom. The molecule has 0 radical (unpaired) electrons. The maximum atomic E-state index is 13.2. The molecular formula is C18H17F5N2O. The van der Waals surface area contributed by atoms with Crippen molar-refractivity contribution in [3.8, 4) is 16.9 Å². The predicted octanol–water partition coefficient (Wildman–Crippen LogP) is 5.37. The van der Waals surface area contributed by atoms with E-state index < -0.39 is 17.7 Å². The Morgan fingerprint density at radius 2 is 1.77 bits per heavy atom. The monoisotopic (exact) mass is 372 g/mol. The molecule has 8 heteroatoms. The van der Waals surface area contributed by atoms with Gasteiger partial charge in [-0.05, 0) is 48.6 Å². The van der Waals surface area contributed by atoms with Crippen molar-refractivity contribution >= 4 is 0 Å². The highest BCUT2D eigenvalue weighted by atomic mass is 19.4. The van der Waals surface area contributed by atoms with Crippen LogP contribution >= 0.6 is 0 Å². The van der Waals surface area contributed by atoms with E-state index in [0.29, 0.717) is 24.0 Å². The third kappa shape index (κ3) is 4.68. The molecule has 0 saturated heterocycles. The van der Waals surface area contributed by atoms with Gasteiger partial charge in [0.25, 0.3) is 0 Å². The van der Waals surface area contributed by atoms with Crippen LogP contribution in [0.1, 0.15) is 31.2 Å². The van der Waals surface area contributed by atoms with Crippen LogP contribution in [-0.4, -0.2) is 22.7 Å². The molecule has 1 aromatic heterocycles. The summed E-state index contributed by atoms with van der Waals surface area (Å²) in [5.74, 6) is -2.67. The summed E-state index contributed by atoms with van der Waals surface area (Å²) in [5.41, 5.74) is -0.0508. The normalized spacial score (nSPS) is 17.9. The van der Waals surface area contributed by atoms with Crippen LogP contribution in [0.2, 0.25) is 0 Å². The summed E-state index contributed by atoms with van der Waals surface area (Å²) in [6.07, 6.45) is -1.60. The van der Waals surface area contributed by atoms with Gasteiger partial charge in [0.05, 0.1) is 24.6 Å². The van der Waals surface area contributed by atoms with Crippen molar-refractivity contribution in [2.24, 2.45) is 5.92 Å². The van der Waals surface area contributed by atoms with E-state index in [4.69, 9.17) is 4.74 Å². The van der Waals surface area contributed by atoms with Gasteiger partial charge in [0.2, 0.25) is 5.92 Å². The lowest BCUT2D eigenvalue weighted by atomic mass is 9.87. The van der Waals surface area contributed by atoms with E-state index in [1.54, 1.807) is 6.07 Å². The molecule has 1 saturated carbocycles. The van der Waals surface area contributed by atoms with E-state index in [1.165, 1.54) is 18.5 Å². The van der Waals surface area contributed by atoms with Crippen molar-refractivity contribution < 1.29 is 26.7 Å². The highest BCUT2D eigenvalue weighted by Crippen LogP contribution is 2.38. The first-order chi connectivity index (χ1) is 12.2. The number of nitrogens with zero attached hydrogens (tertiary/aromatic N) is 2. The van der Waals surface area contributed by atoms with Crippen molar-refractivity contribution in [2.45, 2.75) is 37.8 Å². The minimum Gasteiger partial charge on any atom is -0.493 e. The van der Waals surface area contributed by atoms with Gasteiger partial charge in [-0.25, -0.2) is 8.78 Å². The number of alkyl halides is 5. The van der Waals surface area contributed by atoms with Crippen molar-refractivity contribution in [3.05, 3.63) is 42.2 Å². The Bertz CT molecular complexity index is 739. The van der Waals surface area contributed by atoms with Crippen LogP contribution in [0.15, 0.2) is 36.7 Å². The average molecular weight is 372 g/mol. The van der Waals surface area contributed by atoms with E-state index in [2.05, 4.69) is 10.2 Å². The molecule has 0 aliphatic heterocycles. The zero-order chi connectivity index (χ0) is 18.8. The molecule has 3 rings (SSSR count). The molecule has 140 valence electrons. The summed E-state index contributed by atoms with van der Waals surface area (Å²) < 4.78 is 71.4.